The first-order valence-corrected chi connectivity index (χ1v) is 8.75. The molecule has 5 rings (SSSR count). The Kier molecular flexibility index (Phi) is 3.98. The van der Waals surface area contributed by atoms with E-state index >= 15 is 0 Å². The fourth-order valence-corrected chi connectivity index (χ4v) is 2.89. The quantitative estimate of drug-likeness (QED) is 0.507. The number of rotatable bonds is 5. The minimum atomic E-state index is 0.354. The molecule has 0 unspecified atom stereocenters. The Bertz CT molecular complexity index is 1220. The third-order valence-corrected chi connectivity index (χ3v) is 4.21. The molecule has 0 atom stereocenters. The molecule has 0 radical (unpaired) electrons. The van der Waals surface area contributed by atoms with Crippen LogP contribution in [-0.4, -0.2) is 29.7 Å². The molecule has 4 heterocycles. The number of benzene rings is 1. The lowest BCUT2D eigenvalue weighted by Gasteiger charge is -2.09. The molecular formula is C20H15N7O. The van der Waals surface area contributed by atoms with E-state index in [1.807, 2.05) is 60.7 Å². The van der Waals surface area contributed by atoms with Gasteiger partial charge in [0.15, 0.2) is 5.65 Å². The number of nitrogens with one attached hydrogen (secondary N) is 1. The fourth-order valence-electron chi connectivity index (χ4n) is 2.89. The van der Waals surface area contributed by atoms with Gasteiger partial charge in [-0.25, -0.2) is 4.98 Å². The Hall–Kier alpha value is -4.07. The van der Waals surface area contributed by atoms with Gasteiger partial charge in [0.05, 0.1) is 18.4 Å². The van der Waals surface area contributed by atoms with Gasteiger partial charge in [-0.15, -0.1) is 0 Å². The van der Waals surface area contributed by atoms with Crippen LogP contribution in [0.3, 0.4) is 0 Å². The number of fused-ring (bicyclic) bond motifs is 1. The van der Waals surface area contributed by atoms with E-state index in [-0.39, 0.29) is 0 Å². The van der Waals surface area contributed by atoms with E-state index in [2.05, 4.69) is 30.5 Å². The number of pyridine rings is 1. The average molecular weight is 369 g/mol. The van der Waals surface area contributed by atoms with Crippen LogP contribution in [0.25, 0.3) is 28.4 Å². The maximum atomic E-state index is 5.34. The second-order valence-corrected chi connectivity index (χ2v) is 6.07. The zero-order valence-electron chi connectivity index (χ0n) is 14.7. The molecule has 0 aliphatic rings. The van der Waals surface area contributed by atoms with Gasteiger partial charge in [0.25, 0.3) is 0 Å². The molecule has 136 valence electrons. The highest BCUT2D eigenvalue weighted by Gasteiger charge is 2.12. The van der Waals surface area contributed by atoms with Crippen LogP contribution in [0.5, 0.6) is 0 Å². The Labute approximate surface area is 159 Å². The predicted molar refractivity (Wildman–Crippen MR) is 103 cm³/mol. The SMILES string of the molecule is c1ccc(-c2cc(NCc3nc(-c4ccccn4)no3)n3nccc3n2)cc1. The van der Waals surface area contributed by atoms with Crippen molar-refractivity contribution in [3.8, 4) is 22.8 Å². The van der Waals surface area contributed by atoms with Gasteiger partial charge in [0.1, 0.15) is 11.5 Å². The van der Waals surface area contributed by atoms with E-state index < -0.39 is 0 Å². The molecule has 0 amide bonds. The number of nitrogens with zero attached hydrogens (tertiary/aromatic N) is 6. The number of anilines is 1. The van der Waals surface area contributed by atoms with Gasteiger partial charge < -0.3 is 9.84 Å². The summed E-state index contributed by atoms with van der Waals surface area (Å²) >= 11 is 0. The fraction of sp³-hybridized carbons (Fsp3) is 0.0500. The molecular weight excluding hydrogens is 354 g/mol. The third kappa shape index (κ3) is 3.07. The van der Waals surface area contributed by atoms with Gasteiger partial charge in [-0.1, -0.05) is 41.6 Å². The third-order valence-electron chi connectivity index (χ3n) is 4.21. The molecule has 0 aliphatic heterocycles. The summed E-state index contributed by atoms with van der Waals surface area (Å²) in [6.45, 7) is 0.354. The lowest BCUT2D eigenvalue weighted by molar-refractivity contribution is 0.383. The first-order valence-electron chi connectivity index (χ1n) is 8.75. The first-order chi connectivity index (χ1) is 13.9. The van der Waals surface area contributed by atoms with Gasteiger partial charge in [0.2, 0.25) is 11.7 Å². The minimum Gasteiger partial charge on any atom is -0.361 e. The molecule has 1 N–H and O–H groups in total. The van der Waals surface area contributed by atoms with Crippen molar-refractivity contribution in [2.24, 2.45) is 0 Å². The summed E-state index contributed by atoms with van der Waals surface area (Å²) in [5, 5.41) is 11.6. The molecule has 4 aromatic heterocycles. The van der Waals surface area contributed by atoms with E-state index in [1.54, 1.807) is 16.9 Å². The van der Waals surface area contributed by atoms with Crippen LogP contribution in [-0.2, 0) is 6.54 Å². The van der Waals surface area contributed by atoms with Crippen LogP contribution < -0.4 is 5.32 Å². The van der Waals surface area contributed by atoms with Gasteiger partial charge in [-0.3, -0.25) is 4.98 Å². The molecule has 5 aromatic rings. The first kappa shape index (κ1) is 16.1. The highest BCUT2D eigenvalue weighted by molar-refractivity contribution is 5.66. The van der Waals surface area contributed by atoms with E-state index in [0.29, 0.717) is 24.0 Å². The molecule has 8 heteroatoms. The van der Waals surface area contributed by atoms with Crippen LogP contribution in [0, 0.1) is 0 Å². The van der Waals surface area contributed by atoms with Gasteiger partial charge >= 0.3 is 0 Å². The maximum Gasteiger partial charge on any atom is 0.246 e. The summed E-state index contributed by atoms with van der Waals surface area (Å²) in [6, 6.07) is 19.4. The van der Waals surface area contributed by atoms with Crippen molar-refractivity contribution in [3.63, 3.8) is 0 Å². The second-order valence-electron chi connectivity index (χ2n) is 6.07. The van der Waals surface area contributed by atoms with E-state index in [9.17, 15) is 0 Å². The summed E-state index contributed by atoms with van der Waals surface area (Å²) in [5.74, 6) is 1.70. The summed E-state index contributed by atoms with van der Waals surface area (Å²) in [5.41, 5.74) is 3.31. The summed E-state index contributed by atoms with van der Waals surface area (Å²) in [7, 11) is 0. The largest absolute Gasteiger partial charge is 0.361 e. The molecule has 0 aliphatic carbocycles. The molecule has 0 spiro atoms. The van der Waals surface area contributed by atoms with Crippen molar-refractivity contribution in [1.82, 2.24) is 29.7 Å². The van der Waals surface area contributed by atoms with E-state index in [0.717, 1.165) is 22.7 Å². The average Bonchev–Trinajstić information content (AvgIpc) is 3.43. The van der Waals surface area contributed by atoms with Crippen LogP contribution >= 0.6 is 0 Å². The zero-order valence-corrected chi connectivity index (χ0v) is 14.7. The van der Waals surface area contributed by atoms with E-state index in [4.69, 9.17) is 4.52 Å². The van der Waals surface area contributed by atoms with Gasteiger partial charge in [0, 0.05) is 23.9 Å². The Morgan fingerprint density at radius 3 is 2.64 bits per heavy atom. The zero-order chi connectivity index (χ0) is 18.8. The molecule has 0 bridgehead atoms. The second kappa shape index (κ2) is 6.92. The van der Waals surface area contributed by atoms with Gasteiger partial charge in [-0.05, 0) is 12.1 Å². The Morgan fingerprint density at radius 1 is 0.893 bits per heavy atom. The lowest BCUT2D eigenvalue weighted by Crippen LogP contribution is -2.07. The Morgan fingerprint density at radius 2 is 1.79 bits per heavy atom. The smallest absolute Gasteiger partial charge is 0.246 e. The molecule has 0 saturated carbocycles. The normalized spacial score (nSPS) is 11.0. The minimum absolute atomic E-state index is 0.354. The van der Waals surface area contributed by atoms with Crippen molar-refractivity contribution >= 4 is 11.5 Å². The monoisotopic (exact) mass is 369 g/mol. The molecule has 8 nitrogen and oxygen atoms in total. The van der Waals surface area contributed by atoms with Crippen LogP contribution in [0.1, 0.15) is 5.89 Å². The van der Waals surface area contributed by atoms with Crippen molar-refractivity contribution in [1.29, 1.82) is 0 Å². The molecule has 0 fully saturated rings. The van der Waals surface area contributed by atoms with Crippen molar-refractivity contribution < 1.29 is 4.52 Å². The number of aromatic nitrogens is 6. The van der Waals surface area contributed by atoms with E-state index in [1.165, 1.54) is 0 Å². The molecule has 1 aromatic carbocycles. The number of hydrogen-bond acceptors (Lipinski definition) is 7. The maximum absolute atomic E-state index is 5.34. The van der Waals surface area contributed by atoms with Crippen LogP contribution in [0.15, 0.2) is 77.6 Å². The highest BCUT2D eigenvalue weighted by atomic mass is 16.5. The standard InChI is InChI=1S/C20H15N7O/c1-2-6-14(7-3-1)16-12-18(27-17(24-16)9-11-23-27)22-13-19-25-20(26-28-19)15-8-4-5-10-21-15/h1-12,22H,13H2. The summed E-state index contributed by atoms with van der Waals surface area (Å²) in [4.78, 5) is 13.3. The van der Waals surface area contributed by atoms with Crippen LogP contribution in [0.2, 0.25) is 0 Å². The van der Waals surface area contributed by atoms with Crippen LogP contribution in [0.4, 0.5) is 5.82 Å². The molecule has 0 saturated heterocycles. The summed E-state index contributed by atoms with van der Waals surface area (Å²) < 4.78 is 7.08. The lowest BCUT2D eigenvalue weighted by atomic mass is 10.1. The summed E-state index contributed by atoms with van der Waals surface area (Å²) in [6.07, 6.45) is 3.41. The van der Waals surface area contributed by atoms with Crippen molar-refractivity contribution in [3.05, 3.63) is 78.9 Å². The molecule has 28 heavy (non-hydrogen) atoms. The predicted octanol–water partition coefficient (Wildman–Crippen LogP) is 3.45. The van der Waals surface area contributed by atoms with Gasteiger partial charge in [-0.2, -0.15) is 14.6 Å². The number of hydrogen-bond donors (Lipinski definition) is 1. The Balaban J connectivity index is 1.42. The van der Waals surface area contributed by atoms with Crippen molar-refractivity contribution in [2.75, 3.05) is 5.32 Å². The highest BCUT2D eigenvalue weighted by Crippen LogP contribution is 2.22. The van der Waals surface area contributed by atoms with Crippen molar-refractivity contribution in [2.45, 2.75) is 6.54 Å². The topological polar surface area (TPSA) is 94.0 Å².